The molecular formula is C18H19N5O2S. The van der Waals surface area contributed by atoms with E-state index in [0.29, 0.717) is 6.04 Å². The first kappa shape index (κ1) is 16.9. The highest BCUT2D eigenvalue weighted by atomic mass is 32.1. The van der Waals surface area contributed by atoms with Gasteiger partial charge in [-0.1, -0.05) is 12.1 Å². The summed E-state index contributed by atoms with van der Waals surface area (Å²) in [4.78, 5) is 22.3. The number of carboxylic acid groups (broad SMARTS) is 1. The van der Waals surface area contributed by atoms with Crippen LogP contribution in [-0.2, 0) is 6.54 Å². The van der Waals surface area contributed by atoms with Crippen molar-refractivity contribution in [3.63, 3.8) is 0 Å². The third-order valence-corrected chi connectivity index (χ3v) is 5.53. The third-order valence-electron chi connectivity index (χ3n) is 4.59. The third kappa shape index (κ3) is 3.66. The first-order chi connectivity index (χ1) is 12.7. The SMILES string of the molecule is O=C(O)c1cccc(-c2nc(CN3CCCC(n4cncn4)C3)cs2)c1. The molecular weight excluding hydrogens is 350 g/mol. The fourth-order valence-corrected chi connectivity index (χ4v) is 4.13. The van der Waals surface area contributed by atoms with Gasteiger partial charge in [0.15, 0.2) is 0 Å². The van der Waals surface area contributed by atoms with Crippen molar-refractivity contribution in [2.75, 3.05) is 13.1 Å². The van der Waals surface area contributed by atoms with E-state index >= 15 is 0 Å². The van der Waals surface area contributed by atoms with Crippen molar-refractivity contribution < 1.29 is 9.90 Å². The van der Waals surface area contributed by atoms with Crippen LogP contribution in [0.15, 0.2) is 42.3 Å². The highest BCUT2D eigenvalue weighted by molar-refractivity contribution is 7.13. The van der Waals surface area contributed by atoms with E-state index in [1.54, 1.807) is 42.2 Å². The minimum Gasteiger partial charge on any atom is -0.478 e. The van der Waals surface area contributed by atoms with Gasteiger partial charge in [-0.3, -0.25) is 4.90 Å². The fourth-order valence-electron chi connectivity index (χ4n) is 3.32. The van der Waals surface area contributed by atoms with Crippen molar-refractivity contribution in [3.8, 4) is 10.6 Å². The Balaban J connectivity index is 1.45. The Morgan fingerprint density at radius 1 is 1.38 bits per heavy atom. The van der Waals surface area contributed by atoms with Gasteiger partial charge in [-0.25, -0.2) is 19.4 Å². The number of hydrogen-bond acceptors (Lipinski definition) is 6. The lowest BCUT2D eigenvalue weighted by Crippen LogP contribution is -2.36. The average molecular weight is 369 g/mol. The molecule has 3 heterocycles. The number of aromatic nitrogens is 4. The zero-order valence-electron chi connectivity index (χ0n) is 14.2. The van der Waals surface area contributed by atoms with Crippen LogP contribution in [0.1, 0.15) is 34.9 Å². The normalized spacial score (nSPS) is 18.1. The number of hydrogen-bond donors (Lipinski definition) is 1. The maximum absolute atomic E-state index is 11.1. The number of carbonyl (C=O) groups is 1. The molecule has 0 aliphatic carbocycles. The number of piperidine rings is 1. The van der Waals surface area contributed by atoms with E-state index in [1.807, 2.05) is 10.7 Å². The molecule has 4 rings (SSSR count). The smallest absolute Gasteiger partial charge is 0.335 e. The van der Waals surface area contributed by atoms with Crippen molar-refractivity contribution >= 4 is 17.3 Å². The number of rotatable bonds is 5. The molecule has 1 atom stereocenters. The van der Waals surface area contributed by atoms with E-state index in [9.17, 15) is 4.79 Å². The maximum Gasteiger partial charge on any atom is 0.335 e. The molecule has 1 unspecified atom stereocenters. The summed E-state index contributed by atoms with van der Waals surface area (Å²) in [5, 5.41) is 16.3. The van der Waals surface area contributed by atoms with E-state index in [0.717, 1.165) is 48.7 Å². The van der Waals surface area contributed by atoms with Gasteiger partial charge in [-0.2, -0.15) is 5.10 Å². The Morgan fingerprint density at radius 3 is 3.12 bits per heavy atom. The highest BCUT2D eigenvalue weighted by Gasteiger charge is 2.22. The second-order valence-corrected chi connectivity index (χ2v) is 7.29. The van der Waals surface area contributed by atoms with Crippen molar-refractivity contribution in [3.05, 3.63) is 53.6 Å². The van der Waals surface area contributed by atoms with Crippen molar-refractivity contribution in [2.45, 2.75) is 25.4 Å². The number of benzene rings is 1. The largest absolute Gasteiger partial charge is 0.478 e. The lowest BCUT2D eigenvalue weighted by atomic mass is 10.1. The summed E-state index contributed by atoms with van der Waals surface area (Å²) in [6, 6.07) is 7.28. The summed E-state index contributed by atoms with van der Waals surface area (Å²) in [6.45, 7) is 2.78. The van der Waals surface area contributed by atoms with Crippen LogP contribution in [-0.4, -0.2) is 48.8 Å². The molecule has 2 aromatic heterocycles. The summed E-state index contributed by atoms with van der Waals surface area (Å²) in [6.07, 6.45) is 5.60. The molecule has 3 aromatic rings. The quantitative estimate of drug-likeness (QED) is 0.744. The zero-order chi connectivity index (χ0) is 17.9. The molecule has 0 bridgehead atoms. The molecule has 0 spiro atoms. The van der Waals surface area contributed by atoms with Crippen molar-refractivity contribution in [1.29, 1.82) is 0 Å². The van der Waals surface area contributed by atoms with Gasteiger partial charge in [0, 0.05) is 24.0 Å². The summed E-state index contributed by atoms with van der Waals surface area (Å²) in [7, 11) is 0. The molecule has 7 nitrogen and oxygen atoms in total. The minimum atomic E-state index is -0.920. The monoisotopic (exact) mass is 369 g/mol. The number of likely N-dealkylation sites (tertiary alicyclic amines) is 1. The van der Waals surface area contributed by atoms with Gasteiger partial charge in [0.1, 0.15) is 17.7 Å². The lowest BCUT2D eigenvalue weighted by Gasteiger charge is -2.32. The number of carboxylic acids is 1. The van der Waals surface area contributed by atoms with Crippen LogP contribution < -0.4 is 0 Å². The molecule has 26 heavy (non-hydrogen) atoms. The molecule has 134 valence electrons. The Kier molecular flexibility index (Phi) is 4.77. The van der Waals surface area contributed by atoms with E-state index in [-0.39, 0.29) is 5.56 Å². The van der Waals surface area contributed by atoms with Crippen LogP contribution in [0.3, 0.4) is 0 Å². The zero-order valence-corrected chi connectivity index (χ0v) is 15.0. The molecule has 8 heteroatoms. The Hall–Kier alpha value is -2.58. The lowest BCUT2D eigenvalue weighted by molar-refractivity contribution is 0.0697. The van der Waals surface area contributed by atoms with Gasteiger partial charge in [0.2, 0.25) is 0 Å². The van der Waals surface area contributed by atoms with Crippen molar-refractivity contribution in [1.82, 2.24) is 24.6 Å². The summed E-state index contributed by atoms with van der Waals surface area (Å²) in [5.41, 5.74) is 2.15. The van der Waals surface area contributed by atoms with E-state index in [4.69, 9.17) is 10.1 Å². The number of nitrogens with zero attached hydrogens (tertiary/aromatic N) is 5. The van der Waals surface area contributed by atoms with Gasteiger partial charge in [-0.15, -0.1) is 11.3 Å². The highest BCUT2D eigenvalue weighted by Crippen LogP contribution is 2.27. The predicted molar refractivity (Wildman–Crippen MR) is 98.1 cm³/mol. The molecule has 1 N–H and O–H groups in total. The Bertz CT molecular complexity index is 893. The second-order valence-electron chi connectivity index (χ2n) is 6.44. The maximum atomic E-state index is 11.1. The summed E-state index contributed by atoms with van der Waals surface area (Å²) < 4.78 is 1.94. The van der Waals surface area contributed by atoms with Gasteiger partial charge in [-0.05, 0) is 31.5 Å². The molecule has 0 saturated carbocycles. The van der Waals surface area contributed by atoms with Gasteiger partial charge >= 0.3 is 5.97 Å². The molecule has 1 aromatic carbocycles. The van der Waals surface area contributed by atoms with Gasteiger partial charge in [0.25, 0.3) is 0 Å². The number of thiazole rings is 1. The van der Waals surface area contributed by atoms with Gasteiger partial charge < -0.3 is 5.11 Å². The topological polar surface area (TPSA) is 84.1 Å². The van der Waals surface area contributed by atoms with Crippen LogP contribution in [0.4, 0.5) is 0 Å². The minimum absolute atomic E-state index is 0.283. The Morgan fingerprint density at radius 2 is 2.31 bits per heavy atom. The molecule has 1 fully saturated rings. The van der Waals surface area contributed by atoms with Gasteiger partial charge in [0.05, 0.1) is 17.3 Å². The molecule has 0 amide bonds. The van der Waals surface area contributed by atoms with Crippen LogP contribution in [0.2, 0.25) is 0 Å². The standard InChI is InChI=1S/C18H19N5O2S/c24-18(25)14-4-1-3-13(7-14)17-21-15(10-26-17)8-22-6-2-5-16(9-22)23-12-19-11-20-23/h1,3-4,7,10-12,16H,2,5-6,8-9H2,(H,24,25). The Labute approximate surface area is 154 Å². The summed E-state index contributed by atoms with van der Waals surface area (Å²) in [5.74, 6) is -0.920. The number of aromatic carboxylic acids is 1. The van der Waals surface area contributed by atoms with Crippen LogP contribution in [0.25, 0.3) is 10.6 Å². The summed E-state index contributed by atoms with van der Waals surface area (Å²) >= 11 is 1.55. The van der Waals surface area contributed by atoms with E-state index in [1.165, 1.54) is 0 Å². The molecule has 1 aliphatic heterocycles. The first-order valence-corrected chi connectivity index (χ1v) is 9.41. The first-order valence-electron chi connectivity index (χ1n) is 8.53. The van der Waals surface area contributed by atoms with Crippen LogP contribution in [0, 0.1) is 0 Å². The van der Waals surface area contributed by atoms with Crippen molar-refractivity contribution in [2.24, 2.45) is 0 Å². The second kappa shape index (κ2) is 7.35. The van der Waals surface area contributed by atoms with Crippen LogP contribution >= 0.6 is 11.3 Å². The van der Waals surface area contributed by atoms with E-state index in [2.05, 4.69) is 20.4 Å². The average Bonchev–Trinajstić information content (AvgIpc) is 3.34. The van der Waals surface area contributed by atoms with Crippen LogP contribution in [0.5, 0.6) is 0 Å². The van der Waals surface area contributed by atoms with E-state index < -0.39 is 5.97 Å². The fraction of sp³-hybridized carbons (Fsp3) is 0.333. The molecule has 1 aliphatic rings. The predicted octanol–water partition coefficient (Wildman–Crippen LogP) is 2.94. The molecule has 1 saturated heterocycles. The molecule has 0 radical (unpaired) electrons.